The van der Waals surface area contributed by atoms with Gasteiger partial charge in [0.2, 0.25) is 5.91 Å². The minimum absolute atomic E-state index is 0.0288. The van der Waals surface area contributed by atoms with Gasteiger partial charge >= 0.3 is 0 Å². The second-order valence-electron chi connectivity index (χ2n) is 8.33. The van der Waals surface area contributed by atoms with Crippen LogP contribution < -0.4 is 15.0 Å². The van der Waals surface area contributed by atoms with Gasteiger partial charge in [0, 0.05) is 17.8 Å². The summed E-state index contributed by atoms with van der Waals surface area (Å²) < 4.78 is 5.93. The summed E-state index contributed by atoms with van der Waals surface area (Å²) in [5.74, 6) is 0.496. The van der Waals surface area contributed by atoms with Crippen LogP contribution in [0.5, 0.6) is 5.75 Å². The molecule has 154 valence electrons. The second-order valence-corrected chi connectivity index (χ2v) is 8.33. The Balaban J connectivity index is 1.64. The van der Waals surface area contributed by atoms with E-state index in [2.05, 4.69) is 5.32 Å². The van der Waals surface area contributed by atoms with E-state index in [0.717, 1.165) is 17.2 Å². The maximum absolute atomic E-state index is 13.1. The zero-order valence-corrected chi connectivity index (χ0v) is 17.6. The van der Waals surface area contributed by atoms with Crippen LogP contribution in [-0.2, 0) is 4.79 Å². The lowest BCUT2D eigenvalue weighted by molar-refractivity contribution is -0.127. The predicted octanol–water partition coefficient (Wildman–Crippen LogP) is 5.25. The average molecular weight is 402 g/mol. The van der Waals surface area contributed by atoms with Crippen molar-refractivity contribution in [2.24, 2.45) is 5.41 Å². The lowest BCUT2D eigenvalue weighted by atomic mass is 9.93. The third-order valence-corrected chi connectivity index (χ3v) is 5.38. The van der Waals surface area contributed by atoms with Crippen LogP contribution in [0.4, 0.5) is 11.4 Å². The van der Waals surface area contributed by atoms with Crippen molar-refractivity contribution in [1.29, 1.82) is 0 Å². The van der Waals surface area contributed by atoms with Crippen LogP contribution in [0.3, 0.4) is 0 Å². The molecule has 0 spiro atoms. The van der Waals surface area contributed by atoms with Crippen LogP contribution in [0.2, 0.25) is 0 Å². The van der Waals surface area contributed by atoms with Crippen LogP contribution in [0, 0.1) is 5.41 Å². The monoisotopic (exact) mass is 402 g/mol. The van der Waals surface area contributed by atoms with E-state index < -0.39 is 5.41 Å². The number of nitrogens with zero attached hydrogens (tertiary/aromatic N) is 1. The molecular weight excluding hydrogens is 376 g/mol. The van der Waals surface area contributed by atoms with E-state index in [-0.39, 0.29) is 11.8 Å². The van der Waals surface area contributed by atoms with Gasteiger partial charge in [0.15, 0.2) is 0 Å². The van der Waals surface area contributed by atoms with Crippen molar-refractivity contribution < 1.29 is 14.3 Å². The molecule has 0 radical (unpaired) electrons. The van der Waals surface area contributed by atoms with Crippen molar-refractivity contribution in [3.8, 4) is 5.75 Å². The van der Waals surface area contributed by atoms with Crippen LogP contribution in [0.15, 0.2) is 60.7 Å². The molecule has 1 aliphatic heterocycles. The number of rotatable bonds is 4. The Morgan fingerprint density at radius 2 is 1.83 bits per heavy atom. The summed E-state index contributed by atoms with van der Waals surface area (Å²) in [6, 6.07) is 19.0. The molecule has 0 unspecified atom stereocenters. The third-order valence-electron chi connectivity index (χ3n) is 5.38. The Hall–Kier alpha value is -3.34. The Bertz CT molecular complexity index is 1120. The fourth-order valence-corrected chi connectivity index (χ4v) is 3.70. The molecule has 0 saturated heterocycles. The molecule has 3 aromatic carbocycles. The van der Waals surface area contributed by atoms with Crippen molar-refractivity contribution in [1.82, 2.24) is 0 Å². The largest absolute Gasteiger partial charge is 0.490 e. The van der Waals surface area contributed by atoms with Gasteiger partial charge in [0.05, 0.1) is 11.1 Å². The summed E-state index contributed by atoms with van der Waals surface area (Å²) in [5, 5.41) is 5.07. The molecule has 0 fully saturated rings. The summed E-state index contributed by atoms with van der Waals surface area (Å²) in [4.78, 5) is 27.7. The molecule has 0 bridgehead atoms. The van der Waals surface area contributed by atoms with E-state index in [9.17, 15) is 9.59 Å². The molecule has 1 N–H and O–H groups in total. The number of hydrogen-bond acceptors (Lipinski definition) is 3. The lowest BCUT2D eigenvalue weighted by Gasteiger charge is -2.27. The van der Waals surface area contributed by atoms with Crippen molar-refractivity contribution in [2.45, 2.75) is 27.2 Å². The molecule has 0 saturated carbocycles. The molecule has 30 heavy (non-hydrogen) atoms. The highest BCUT2D eigenvalue weighted by molar-refractivity contribution is 6.07. The van der Waals surface area contributed by atoms with Crippen molar-refractivity contribution in [3.63, 3.8) is 0 Å². The summed E-state index contributed by atoms with van der Waals surface area (Å²) in [6.07, 6.45) is 0.828. The van der Waals surface area contributed by atoms with Gasteiger partial charge in [-0.2, -0.15) is 0 Å². The standard InChI is InChI=1S/C25H26N2O3/c1-4-13-27-21-15-20(11-12-22(21)30-16-25(2,3)24(27)29)26-23(28)19-10-9-17-7-5-6-8-18(17)14-19/h5-12,14-15H,4,13,16H2,1-3H3,(H,26,28). The molecule has 2 amide bonds. The number of hydrogen-bond donors (Lipinski definition) is 1. The molecule has 0 atom stereocenters. The number of benzene rings is 3. The Labute approximate surface area is 176 Å². The van der Waals surface area contributed by atoms with Crippen LogP contribution in [0.25, 0.3) is 10.8 Å². The quantitative estimate of drug-likeness (QED) is 0.648. The fourth-order valence-electron chi connectivity index (χ4n) is 3.70. The first-order valence-electron chi connectivity index (χ1n) is 10.3. The van der Waals surface area contributed by atoms with Gasteiger partial charge in [-0.05, 0) is 61.4 Å². The van der Waals surface area contributed by atoms with E-state index in [1.54, 1.807) is 4.90 Å². The predicted molar refractivity (Wildman–Crippen MR) is 120 cm³/mol. The van der Waals surface area contributed by atoms with E-state index in [1.807, 2.05) is 81.4 Å². The Morgan fingerprint density at radius 1 is 1.07 bits per heavy atom. The number of anilines is 2. The van der Waals surface area contributed by atoms with Gasteiger partial charge in [0.1, 0.15) is 12.4 Å². The third kappa shape index (κ3) is 3.75. The van der Waals surface area contributed by atoms with E-state index in [0.29, 0.717) is 35.8 Å². The molecule has 1 aliphatic rings. The number of ether oxygens (including phenoxy) is 1. The first-order chi connectivity index (χ1) is 14.4. The number of nitrogens with one attached hydrogen (secondary N) is 1. The van der Waals surface area contributed by atoms with Crippen molar-refractivity contribution in [3.05, 3.63) is 66.2 Å². The number of carbonyl (C=O) groups is 2. The Kier molecular flexibility index (Phi) is 5.20. The molecule has 5 heteroatoms. The second kappa shape index (κ2) is 7.82. The number of amides is 2. The number of carbonyl (C=O) groups excluding carboxylic acids is 2. The molecule has 0 aromatic heterocycles. The highest BCUT2D eigenvalue weighted by Gasteiger charge is 2.37. The Morgan fingerprint density at radius 3 is 2.60 bits per heavy atom. The van der Waals surface area contributed by atoms with Gasteiger partial charge in [0.25, 0.3) is 5.91 Å². The maximum atomic E-state index is 13.1. The zero-order valence-electron chi connectivity index (χ0n) is 17.6. The van der Waals surface area contributed by atoms with Crippen molar-refractivity contribution >= 4 is 34.0 Å². The number of fused-ring (bicyclic) bond motifs is 2. The van der Waals surface area contributed by atoms with Gasteiger partial charge < -0.3 is 15.0 Å². The topological polar surface area (TPSA) is 58.6 Å². The maximum Gasteiger partial charge on any atom is 0.255 e. The summed E-state index contributed by atoms with van der Waals surface area (Å²) in [6.45, 7) is 6.75. The van der Waals surface area contributed by atoms with Gasteiger partial charge in [-0.3, -0.25) is 9.59 Å². The first-order valence-corrected chi connectivity index (χ1v) is 10.3. The normalized spacial score (nSPS) is 15.3. The SMILES string of the molecule is CCCN1C(=O)C(C)(C)COc2ccc(NC(=O)c3ccc4ccccc4c3)cc21. The van der Waals surface area contributed by atoms with Crippen LogP contribution in [-0.4, -0.2) is 25.0 Å². The van der Waals surface area contributed by atoms with E-state index in [4.69, 9.17) is 4.74 Å². The van der Waals surface area contributed by atoms with Gasteiger partial charge in [-0.1, -0.05) is 37.3 Å². The summed E-state index contributed by atoms with van der Waals surface area (Å²) >= 11 is 0. The molecule has 5 nitrogen and oxygen atoms in total. The summed E-state index contributed by atoms with van der Waals surface area (Å²) in [5.41, 5.74) is 1.30. The van der Waals surface area contributed by atoms with Crippen molar-refractivity contribution in [2.75, 3.05) is 23.4 Å². The van der Waals surface area contributed by atoms with Crippen LogP contribution >= 0.6 is 0 Å². The van der Waals surface area contributed by atoms with E-state index in [1.165, 1.54) is 0 Å². The zero-order chi connectivity index (χ0) is 21.3. The minimum atomic E-state index is -0.608. The first kappa shape index (κ1) is 20.0. The highest BCUT2D eigenvalue weighted by Crippen LogP contribution is 2.38. The smallest absolute Gasteiger partial charge is 0.255 e. The minimum Gasteiger partial charge on any atom is -0.490 e. The van der Waals surface area contributed by atoms with E-state index >= 15 is 0 Å². The summed E-state index contributed by atoms with van der Waals surface area (Å²) in [7, 11) is 0. The fraction of sp³-hybridized carbons (Fsp3) is 0.280. The molecule has 3 aromatic rings. The average Bonchev–Trinajstić information content (AvgIpc) is 2.84. The highest BCUT2D eigenvalue weighted by atomic mass is 16.5. The molecular formula is C25H26N2O3. The lowest BCUT2D eigenvalue weighted by Crippen LogP contribution is -2.42. The molecule has 4 rings (SSSR count). The van der Waals surface area contributed by atoms with Crippen LogP contribution in [0.1, 0.15) is 37.6 Å². The van der Waals surface area contributed by atoms with Gasteiger partial charge in [-0.15, -0.1) is 0 Å². The molecule has 1 heterocycles. The van der Waals surface area contributed by atoms with Gasteiger partial charge in [-0.25, -0.2) is 0 Å². The molecule has 0 aliphatic carbocycles.